The van der Waals surface area contributed by atoms with Crippen LogP contribution >= 0.6 is 0 Å². The first-order valence-corrected chi connectivity index (χ1v) is 7.08. The second kappa shape index (κ2) is 5.17. The van der Waals surface area contributed by atoms with E-state index in [4.69, 9.17) is 0 Å². The molecule has 3 rings (SSSR count). The number of aryl methyl sites for hydroxylation is 1. The third-order valence-electron chi connectivity index (χ3n) is 4.15. The van der Waals surface area contributed by atoms with Crippen molar-refractivity contribution in [1.29, 1.82) is 0 Å². The molecule has 0 spiro atoms. The van der Waals surface area contributed by atoms with E-state index in [1.165, 1.54) is 23.2 Å². The Morgan fingerprint density at radius 3 is 2.89 bits per heavy atom. The van der Waals surface area contributed by atoms with Gasteiger partial charge in [-0.1, -0.05) is 31.2 Å². The van der Waals surface area contributed by atoms with Crippen LogP contribution in [0.15, 0.2) is 36.5 Å². The molecule has 1 aliphatic carbocycles. The van der Waals surface area contributed by atoms with Gasteiger partial charge in [0.25, 0.3) is 0 Å². The summed E-state index contributed by atoms with van der Waals surface area (Å²) in [6, 6.07) is 11.3. The van der Waals surface area contributed by atoms with Crippen LogP contribution in [0.3, 0.4) is 0 Å². The molecule has 2 aromatic rings. The maximum Gasteiger partial charge on any atom is 0.0550 e. The largest absolute Gasteiger partial charge is 0.309 e. The zero-order valence-corrected chi connectivity index (χ0v) is 11.6. The number of nitrogens with one attached hydrogen (secondary N) is 1. The molecule has 1 aliphatic rings. The minimum atomic E-state index is 0.399. The third kappa shape index (κ3) is 2.30. The highest BCUT2D eigenvalue weighted by Crippen LogP contribution is 2.40. The summed E-state index contributed by atoms with van der Waals surface area (Å²) in [5.74, 6) is 0.690. The van der Waals surface area contributed by atoms with E-state index < -0.39 is 0 Å². The fraction of sp³-hybridized carbons (Fsp3) is 0.438. The van der Waals surface area contributed by atoms with Crippen molar-refractivity contribution in [2.75, 3.05) is 6.54 Å². The van der Waals surface area contributed by atoms with Gasteiger partial charge >= 0.3 is 0 Å². The van der Waals surface area contributed by atoms with Crippen molar-refractivity contribution in [2.45, 2.75) is 31.7 Å². The Morgan fingerprint density at radius 2 is 2.21 bits per heavy atom. The molecule has 1 aromatic heterocycles. The summed E-state index contributed by atoms with van der Waals surface area (Å²) in [5.41, 5.74) is 4.34. The van der Waals surface area contributed by atoms with Crippen LogP contribution in [0, 0.1) is 0 Å². The van der Waals surface area contributed by atoms with E-state index in [-0.39, 0.29) is 0 Å². The van der Waals surface area contributed by atoms with Gasteiger partial charge in [-0.2, -0.15) is 5.10 Å². The van der Waals surface area contributed by atoms with E-state index >= 15 is 0 Å². The lowest BCUT2D eigenvalue weighted by Gasteiger charge is -2.33. The van der Waals surface area contributed by atoms with E-state index in [1.807, 2.05) is 17.9 Å². The SMILES string of the molecule is CCNC(CC1Cc2ccccc21)c1ccnn1C. The van der Waals surface area contributed by atoms with E-state index in [0.717, 1.165) is 13.0 Å². The molecule has 0 fully saturated rings. The van der Waals surface area contributed by atoms with Gasteiger partial charge in [-0.15, -0.1) is 0 Å². The molecule has 0 saturated heterocycles. The van der Waals surface area contributed by atoms with Crippen molar-refractivity contribution in [3.8, 4) is 0 Å². The van der Waals surface area contributed by atoms with Gasteiger partial charge < -0.3 is 5.32 Å². The summed E-state index contributed by atoms with van der Waals surface area (Å²) in [7, 11) is 2.02. The van der Waals surface area contributed by atoms with Crippen LogP contribution in [0.5, 0.6) is 0 Å². The van der Waals surface area contributed by atoms with Gasteiger partial charge in [0.2, 0.25) is 0 Å². The molecule has 2 unspecified atom stereocenters. The average Bonchev–Trinajstić information content (AvgIpc) is 2.81. The fourth-order valence-corrected chi connectivity index (χ4v) is 3.14. The van der Waals surface area contributed by atoms with E-state index in [9.17, 15) is 0 Å². The number of rotatable bonds is 5. The van der Waals surface area contributed by atoms with Crippen molar-refractivity contribution in [1.82, 2.24) is 15.1 Å². The Labute approximate surface area is 114 Å². The topological polar surface area (TPSA) is 29.9 Å². The predicted molar refractivity (Wildman–Crippen MR) is 77.1 cm³/mol. The molecular formula is C16H21N3. The van der Waals surface area contributed by atoms with Crippen LogP contribution in [-0.4, -0.2) is 16.3 Å². The molecule has 1 heterocycles. The first-order chi connectivity index (χ1) is 9.29. The van der Waals surface area contributed by atoms with Crippen LogP contribution in [-0.2, 0) is 13.5 Å². The summed E-state index contributed by atoms with van der Waals surface area (Å²) in [6.07, 6.45) is 4.26. The molecule has 0 amide bonds. The van der Waals surface area contributed by atoms with E-state index in [1.54, 1.807) is 0 Å². The molecule has 0 aliphatic heterocycles. The zero-order chi connectivity index (χ0) is 13.2. The van der Waals surface area contributed by atoms with Crippen LogP contribution in [0.25, 0.3) is 0 Å². The Hall–Kier alpha value is -1.61. The molecule has 3 heteroatoms. The third-order valence-corrected chi connectivity index (χ3v) is 4.15. The Bertz CT molecular complexity index is 559. The molecular weight excluding hydrogens is 234 g/mol. The Kier molecular flexibility index (Phi) is 3.38. The number of nitrogens with zero attached hydrogens (tertiary/aromatic N) is 2. The van der Waals surface area contributed by atoms with Crippen LogP contribution in [0.1, 0.15) is 42.1 Å². The van der Waals surface area contributed by atoms with E-state index in [2.05, 4.69) is 47.7 Å². The molecule has 1 N–H and O–H groups in total. The van der Waals surface area contributed by atoms with Gasteiger partial charge in [0.05, 0.1) is 5.69 Å². The summed E-state index contributed by atoms with van der Waals surface area (Å²) in [4.78, 5) is 0. The van der Waals surface area contributed by atoms with Crippen molar-refractivity contribution in [3.05, 3.63) is 53.3 Å². The molecule has 2 atom stereocenters. The molecule has 1 aromatic carbocycles. The fourth-order valence-electron chi connectivity index (χ4n) is 3.14. The highest BCUT2D eigenvalue weighted by Gasteiger charge is 2.29. The molecule has 19 heavy (non-hydrogen) atoms. The summed E-state index contributed by atoms with van der Waals surface area (Å²) < 4.78 is 1.98. The van der Waals surface area contributed by atoms with Crippen LogP contribution in [0.4, 0.5) is 0 Å². The maximum atomic E-state index is 4.29. The lowest BCUT2D eigenvalue weighted by Crippen LogP contribution is -2.28. The molecule has 3 nitrogen and oxygen atoms in total. The number of aromatic nitrogens is 2. The smallest absolute Gasteiger partial charge is 0.0550 e. The van der Waals surface area contributed by atoms with Gasteiger partial charge in [-0.05, 0) is 42.5 Å². The minimum absolute atomic E-state index is 0.399. The van der Waals surface area contributed by atoms with E-state index in [0.29, 0.717) is 12.0 Å². The summed E-state index contributed by atoms with van der Waals surface area (Å²) >= 11 is 0. The first-order valence-electron chi connectivity index (χ1n) is 7.08. The maximum absolute atomic E-state index is 4.29. The molecule has 0 bridgehead atoms. The van der Waals surface area contributed by atoms with Crippen LogP contribution < -0.4 is 5.32 Å². The quantitative estimate of drug-likeness (QED) is 0.890. The Morgan fingerprint density at radius 1 is 1.37 bits per heavy atom. The zero-order valence-electron chi connectivity index (χ0n) is 11.6. The minimum Gasteiger partial charge on any atom is -0.309 e. The number of hydrogen-bond acceptors (Lipinski definition) is 2. The van der Waals surface area contributed by atoms with Crippen LogP contribution in [0.2, 0.25) is 0 Å². The van der Waals surface area contributed by atoms with Gasteiger partial charge in [-0.3, -0.25) is 4.68 Å². The second-order valence-corrected chi connectivity index (χ2v) is 5.33. The predicted octanol–water partition coefficient (Wildman–Crippen LogP) is 2.80. The van der Waals surface area contributed by atoms with Gasteiger partial charge in [-0.25, -0.2) is 0 Å². The number of fused-ring (bicyclic) bond motifs is 1. The van der Waals surface area contributed by atoms with Crippen molar-refractivity contribution < 1.29 is 0 Å². The van der Waals surface area contributed by atoms with Gasteiger partial charge in [0.1, 0.15) is 0 Å². The number of benzene rings is 1. The van der Waals surface area contributed by atoms with Gasteiger partial charge in [0, 0.05) is 19.3 Å². The standard InChI is InChI=1S/C16H21N3/c1-3-17-15(16-8-9-18-19(16)2)11-13-10-12-6-4-5-7-14(12)13/h4-9,13,15,17H,3,10-11H2,1-2H3. The van der Waals surface area contributed by atoms with Crippen molar-refractivity contribution in [2.24, 2.45) is 7.05 Å². The summed E-state index contributed by atoms with van der Waals surface area (Å²) in [5, 5.41) is 7.89. The lowest BCUT2D eigenvalue weighted by atomic mass is 9.74. The first kappa shape index (κ1) is 12.4. The molecule has 0 radical (unpaired) electrons. The summed E-state index contributed by atoms with van der Waals surface area (Å²) in [6.45, 7) is 3.16. The van der Waals surface area contributed by atoms with Crippen molar-refractivity contribution in [3.63, 3.8) is 0 Å². The Balaban J connectivity index is 1.76. The van der Waals surface area contributed by atoms with Crippen molar-refractivity contribution >= 4 is 0 Å². The molecule has 0 saturated carbocycles. The normalized spacial score (nSPS) is 18.7. The van der Waals surface area contributed by atoms with Gasteiger partial charge in [0.15, 0.2) is 0 Å². The number of hydrogen-bond donors (Lipinski definition) is 1. The average molecular weight is 255 g/mol. The molecule has 100 valence electrons. The monoisotopic (exact) mass is 255 g/mol. The highest BCUT2D eigenvalue weighted by molar-refractivity contribution is 5.40. The second-order valence-electron chi connectivity index (χ2n) is 5.33. The lowest BCUT2D eigenvalue weighted by molar-refractivity contribution is 0.416. The highest BCUT2D eigenvalue weighted by atomic mass is 15.3.